The number of aliphatic hydroxyl groups is 1. The first kappa shape index (κ1) is 24.1. The highest BCUT2D eigenvalue weighted by Crippen LogP contribution is 2.27. The van der Waals surface area contributed by atoms with Crippen molar-refractivity contribution in [2.24, 2.45) is 11.8 Å². The van der Waals surface area contributed by atoms with Crippen LogP contribution < -0.4 is 16.1 Å². The van der Waals surface area contributed by atoms with Gasteiger partial charge in [0.05, 0.1) is 5.92 Å². The Kier molecular flexibility index (Phi) is 9.06. The molecule has 1 aromatic carbocycles. The van der Waals surface area contributed by atoms with Crippen LogP contribution >= 0.6 is 15.9 Å². The fraction of sp³-hybridized carbons (Fsp3) is 0.526. The van der Waals surface area contributed by atoms with Gasteiger partial charge in [0.15, 0.2) is 5.60 Å². The molecular weight excluding hydrogens is 430 g/mol. The van der Waals surface area contributed by atoms with Crippen LogP contribution in [0.5, 0.6) is 0 Å². The molecule has 1 aromatic rings. The molecule has 28 heavy (non-hydrogen) atoms. The summed E-state index contributed by atoms with van der Waals surface area (Å²) >= 11 is 3.34. The molecule has 0 bridgehead atoms. The molecule has 0 aliphatic carbocycles. The molecule has 8 nitrogen and oxygen atoms in total. The largest absolute Gasteiger partial charge is 0.379 e. The first-order valence-electron chi connectivity index (χ1n) is 8.98. The Labute approximate surface area is 173 Å². The van der Waals surface area contributed by atoms with Gasteiger partial charge < -0.3 is 15.7 Å². The molecule has 0 saturated heterocycles. The minimum absolute atomic E-state index is 0.0217. The van der Waals surface area contributed by atoms with Crippen LogP contribution in [0.3, 0.4) is 0 Å². The standard InChI is InChI=1S/C19H28BrN3O5/c1-11(2)10-19(27,12(3)16(24)23-28)18(26)22-15(17(25)21-4)9-13-5-7-14(20)8-6-13/h5-8,11-12,15,27-28H,9-10H2,1-4H3,(H,21,25)(H,22,26)(H,23,24)/t12?,15-,19-/m0/s1. The van der Waals surface area contributed by atoms with Gasteiger partial charge in [-0.25, -0.2) is 5.48 Å². The van der Waals surface area contributed by atoms with E-state index in [9.17, 15) is 19.5 Å². The van der Waals surface area contributed by atoms with Gasteiger partial charge in [0, 0.05) is 17.9 Å². The Morgan fingerprint density at radius 1 is 1.11 bits per heavy atom. The molecule has 9 heteroatoms. The number of rotatable bonds is 9. The fourth-order valence-electron chi connectivity index (χ4n) is 2.93. The van der Waals surface area contributed by atoms with Crippen molar-refractivity contribution in [1.29, 1.82) is 0 Å². The zero-order valence-corrected chi connectivity index (χ0v) is 18.0. The Morgan fingerprint density at radius 2 is 1.68 bits per heavy atom. The predicted molar refractivity (Wildman–Crippen MR) is 107 cm³/mol. The maximum absolute atomic E-state index is 12.9. The van der Waals surface area contributed by atoms with Gasteiger partial charge >= 0.3 is 0 Å². The third-order valence-electron chi connectivity index (χ3n) is 4.55. The van der Waals surface area contributed by atoms with Crippen LogP contribution in [-0.2, 0) is 20.8 Å². The van der Waals surface area contributed by atoms with Crippen LogP contribution in [0, 0.1) is 11.8 Å². The summed E-state index contributed by atoms with van der Waals surface area (Å²) in [5.41, 5.74) is 0.189. The molecule has 0 radical (unpaired) electrons. The summed E-state index contributed by atoms with van der Waals surface area (Å²) < 4.78 is 0.881. The average molecular weight is 458 g/mol. The van der Waals surface area contributed by atoms with E-state index in [4.69, 9.17) is 5.21 Å². The molecule has 0 aromatic heterocycles. The summed E-state index contributed by atoms with van der Waals surface area (Å²) in [6.45, 7) is 4.93. The molecule has 1 rings (SSSR count). The highest BCUT2D eigenvalue weighted by Gasteiger charge is 2.46. The molecule has 0 heterocycles. The van der Waals surface area contributed by atoms with Gasteiger partial charge in [-0.05, 0) is 30.0 Å². The summed E-state index contributed by atoms with van der Waals surface area (Å²) in [6.07, 6.45) is 0.184. The predicted octanol–water partition coefficient (Wildman–Crippen LogP) is 1.14. The second-order valence-corrected chi connectivity index (χ2v) is 8.11. The zero-order chi connectivity index (χ0) is 21.5. The molecule has 0 saturated carbocycles. The summed E-state index contributed by atoms with van der Waals surface area (Å²) in [6, 6.07) is 6.33. The van der Waals surface area contributed by atoms with Crippen LogP contribution in [0.1, 0.15) is 32.8 Å². The van der Waals surface area contributed by atoms with Crippen molar-refractivity contribution in [2.75, 3.05) is 7.05 Å². The van der Waals surface area contributed by atoms with Crippen LogP contribution in [-0.4, -0.2) is 46.7 Å². The first-order valence-corrected chi connectivity index (χ1v) is 9.77. The van der Waals surface area contributed by atoms with Gasteiger partial charge in [-0.15, -0.1) is 0 Å². The van der Waals surface area contributed by atoms with Gasteiger partial charge in [0.25, 0.3) is 5.91 Å². The van der Waals surface area contributed by atoms with E-state index in [1.165, 1.54) is 19.5 Å². The number of amides is 3. The van der Waals surface area contributed by atoms with Crippen molar-refractivity contribution < 1.29 is 24.7 Å². The lowest BCUT2D eigenvalue weighted by atomic mass is 9.80. The maximum Gasteiger partial charge on any atom is 0.253 e. The van der Waals surface area contributed by atoms with E-state index < -0.39 is 35.3 Å². The lowest BCUT2D eigenvalue weighted by molar-refractivity contribution is -0.159. The van der Waals surface area contributed by atoms with Crippen LogP contribution in [0.25, 0.3) is 0 Å². The Morgan fingerprint density at radius 3 is 2.14 bits per heavy atom. The van der Waals surface area contributed by atoms with E-state index in [2.05, 4.69) is 26.6 Å². The number of nitrogens with one attached hydrogen (secondary N) is 3. The number of hydrogen-bond donors (Lipinski definition) is 5. The van der Waals surface area contributed by atoms with Gasteiger partial charge in [0.1, 0.15) is 6.04 Å². The monoisotopic (exact) mass is 457 g/mol. The highest BCUT2D eigenvalue weighted by atomic mass is 79.9. The quantitative estimate of drug-likeness (QED) is 0.280. The zero-order valence-electron chi connectivity index (χ0n) is 16.5. The second kappa shape index (κ2) is 10.5. The summed E-state index contributed by atoms with van der Waals surface area (Å²) in [5, 5.41) is 25.0. The van der Waals surface area contributed by atoms with Crippen molar-refractivity contribution in [3.05, 3.63) is 34.3 Å². The Bertz CT molecular complexity index is 695. The van der Waals surface area contributed by atoms with E-state index in [1.807, 2.05) is 24.3 Å². The third-order valence-corrected chi connectivity index (χ3v) is 5.08. The number of carbonyl (C=O) groups is 3. The van der Waals surface area contributed by atoms with Crippen LogP contribution in [0.2, 0.25) is 0 Å². The van der Waals surface area contributed by atoms with Crippen molar-refractivity contribution in [3.8, 4) is 0 Å². The third kappa shape index (κ3) is 6.29. The summed E-state index contributed by atoms with van der Waals surface area (Å²) in [4.78, 5) is 37.1. The van der Waals surface area contributed by atoms with Crippen molar-refractivity contribution in [2.45, 2.75) is 45.3 Å². The van der Waals surface area contributed by atoms with E-state index in [1.54, 1.807) is 13.8 Å². The molecule has 0 fully saturated rings. The van der Waals surface area contributed by atoms with Gasteiger partial charge in [0.2, 0.25) is 11.8 Å². The number of benzene rings is 1. The molecular formula is C19H28BrN3O5. The lowest BCUT2D eigenvalue weighted by Gasteiger charge is -2.34. The normalized spacial score (nSPS) is 15.3. The van der Waals surface area contributed by atoms with Gasteiger partial charge in [-0.3, -0.25) is 19.6 Å². The molecule has 0 aliphatic heterocycles. The first-order chi connectivity index (χ1) is 13.0. The van der Waals surface area contributed by atoms with Crippen molar-refractivity contribution in [3.63, 3.8) is 0 Å². The number of hydrogen-bond acceptors (Lipinski definition) is 5. The molecule has 0 spiro atoms. The van der Waals surface area contributed by atoms with Crippen LogP contribution in [0.15, 0.2) is 28.7 Å². The van der Waals surface area contributed by atoms with Crippen molar-refractivity contribution >= 4 is 33.7 Å². The number of likely N-dealkylation sites (N-methyl/N-ethyl adjacent to an activating group) is 1. The summed E-state index contributed by atoms with van der Waals surface area (Å²) in [5.74, 6) is -3.50. The number of hydroxylamine groups is 1. The maximum atomic E-state index is 12.9. The van der Waals surface area contributed by atoms with E-state index in [-0.39, 0.29) is 18.8 Å². The van der Waals surface area contributed by atoms with Gasteiger partial charge in [-0.2, -0.15) is 0 Å². The molecule has 1 unspecified atom stereocenters. The topological polar surface area (TPSA) is 128 Å². The molecule has 5 N–H and O–H groups in total. The second-order valence-electron chi connectivity index (χ2n) is 7.19. The smallest absolute Gasteiger partial charge is 0.253 e. The van der Waals surface area contributed by atoms with E-state index in [0.717, 1.165) is 10.0 Å². The average Bonchev–Trinajstić information content (AvgIpc) is 2.66. The van der Waals surface area contributed by atoms with Crippen LogP contribution in [0.4, 0.5) is 0 Å². The highest BCUT2D eigenvalue weighted by molar-refractivity contribution is 9.10. The fourth-order valence-corrected chi connectivity index (χ4v) is 3.19. The molecule has 3 atom stereocenters. The molecule has 156 valence electrons. The Hall–Kier alpha value is -1.97. The number of halogens is 1. The lowest BCUT2D eigenvalue weighted by Crippen LogP contribution is -2.60. The van der Waals surface area contributed by atoms with Gasteiger partial charge in [-0.1, -0.05) is 48.8 Å². The van der Waals surface area contributed by atoms with E-state index in [0.29, 0.717) is 0 Å². The minimum atomic E-state index is -2.09. The molecule has 3 amide bonds. The SMILES string of the molecule is CNC(=O)[C@H](Cc1ccc(Br)cc1)NC(=O)[C@](O)(CC(C)C)C(C)C(=O)NO. The minimum Gasteiger partial charge on any atom is -0.379 e. The summed E-state index contributed by atoms with van der Waals surface area (Å²) in [7, 11) is 1.45. The number of carbonyl (C=O) groups excluding carboxylic acids is 3. The molecule has 0 aliphatic rings. The Balaban J connectivity index is 3.11. The van der Waals surface area contributed by atoms with E-state index >= 15 is 0 Å². The van der Waals surface area contributed by atoms with Crippen molar-refractivity contribution in [1.82, 2.24) is 16.1 Å².